The number of halogens is 2. The summed E-state index contributed by atoms with van der Waals surface area (Å²) in [5.74, 6) is 0.301. The van der Waals surface area contributed by atoms with Gasteiger partial charge in [0, 0.05) is 11.9 Å². The van der Waals surface area contributed by atoms with E-state index in [9.17, 15) is 4.79 Å². The summed E-state index contributed by atoms with van der Waals surface area (Å²) in [4.78, 5) is 15.8. The van der Waals surface area contributed by atoms with Gasteiger partial charge in [0.15, 0.2) is 0 Å². The van der Waals surface area contributed by atoms with Crippen LogP contribution < -0.4 is 10.1 Å². The summed E-state index contributed by atoms with van der Waals surface area (Å²) in [6, 6.07) is 8.22. The first-order valence-electron chi connectivity index (χ1n) is 5.95. The summed E-state index contributed by atoms with van der Waals surface area (Å²) in [5, 5.41) is 3.51. The monoisotopic (exact) mass is 310 g/mol. The van der Waals surface area contributed by atoms with Crippen molar-refractivity contribution in [1.29, 1.82) is 0 Å². The smallest absolute Gasteiger partial charge is 0.257 e. The highest BCUT2D eigenvalue weighted by atomic mass is 35.5. The average molecular weight is 311 g/mol. The van der Waals surface area contributed by atoms with Crippen LogP contribution in [0.4, 0.5) is 5.69 Å². The number of carbonyl (C=O) groups is 1. The van der Waals surface area contributed by atoms with Crippen LogP contribution in [0.2, 0.25) is 10.2 Å². The molecule has 0 aliphatic heterocycles. The van der Waals surface area contributed by atoms with Crippen LogP contribution in [0, 0.1) is 0 Å². The van der Waals surface area contributed by atoms with Gasteiger partial charge in [0.05, 0.1) is 17.2 Å². The van der Waals surface area contributed by atoms with Crippen LogP contribution >= 0.6 is 23.2 Å². The Labute approximate surface area is 126 Å². The van der Waals surface area contributed by atoms with E-state index in [2.05, 4.69) is 10.3 Å². The Hall–Kier alpha value is -1.78. The summed E-state index contributed by atoms with van der Waals surface area (Å²) in [6.07, 6.45) is 1.41. The first kappa shape index (κ1) is 14.6. The van der Waals surface area contributed by atoms with Crippen LogP contribution in [0.3, 0.4) is 0 Å². The van der Waals surface area contributed by atoms with Crippen molar-refractivity contribution in [2.75, 3.05) is 11.9 Å². The first-order valence-corrected chi connectivity index (χ1v) is 6.71. The lowest BCUT2D eigenvalue weighted by molar-refractivity contribution is 0.102. The van der Waals surface area contributed by atoms with Gasteiger partial charge in [-0.15, -0.1) is 0 Å². The fourth-order valence-corrected chi connectivity index (χ4v) is 1.91. The van der Waals surface area contributed by atoms with Gasteiger partial charge in [-0.25, -0.2) is 4.98 Å². The Morgan fingerprint density at radius 2 is 2.10 bits per heavy atom. The molecule has 2 rings (SSSR count). The Kier molecular flexibility index (Phi) is 4.82. The van der Waals surface area contributed by atoms with Gasteiger partial charge in [0.2, 0.25) is 0 Å². The van der Waals surface area contributed by atoms with Crippen LogP contribution in [0.25, 0.3) is 0 Å². The molecule has 0 unspecified atom stereocenters. The number of carbonyl (C=O) groups excluding carboxylic acids is 1. The average Bonchev–Trinajstić information content (AvgIpc) is 2.42. The van der Waals surface area contributed by atoms with Crippen molar-refractivity contribution in [3.05, 3.63) is 52.3 Å². The molecule has 1 N–H and O–H groups in total. The molecule has 1 heterocycles. The van der Waals surface area contributed by atoms with Gasteiger partial charge in [-0.3, -0.25) is 4.79 Å². The second kappa shape index (κ2) is 6.59. The van der Waals surface area contributed by atoms with E-state index in [0.29, 0.717) is 33.8 Å². The maximum Gasteiger partial charge on any atom is 0.257 e. The molecule has 0 bridgehead atoms. The highest BCUT2D eigenvalue weighted by Gasteiger charge is 2.08. The summed E-state index contributed by atoms with van der Waals surface area (Å²) < 4.78 is 5.33. The molecule has 104 valence electrons. The highest BCUT2D eigenvalue weighted by Crippen LogP contribution is 2.27. The number of benzene rings is 1. The number of nitrogens with zero attached hydrogens (tertiary/aromatic N) is 1. The fraction of sp³-hybridized carbons (Fsp3) is 0.143. The predicted octanol–water partition coefficient (Wildman–Crippen LogP) is 4.04. The predicted molar refractivity (Wildman–Crippen MR) is 79.8 cm³/mol. The van der Waals surface area contributed by atoms with Gasteiger partial charge in [-0.05, 0) is 37.3 Å². The zero-order valence-corrected chi connectivity index (χ0v) is 12.2. The van der Waals surface area contributed by atoms with Gasteiger partial charge in [-0.2, -0.15) is 0 Å². The maximum absolute atomic E-state index is 12.0. The largest absolute Gasteiger partial charge is 0.492 e. The number of hydrogen-bond donors (Lipinski definition) is 1. The van der Waals surface area contributed by atoms with Crippen LogP contribution in [0.5, 0.6) is 5.75 Å². The topological polar surface area (TPSA) is 51.2 Å². The minimum Gasteiger partial charge on any atom is -0.492 e. The van der Waals surface area contributed by atoms with E-state index >= 15 is 0 Å². The molecule has 0 radical (unpaired) electrons. The van der Waals surface area contributed by atoms with Crippen molar-refractivity contribution < 1.29 is 9.53 Å². The van der Waals surface area contributed by atoms with Crippen molar-refractivity contribution in [1.82, 2.24) is 4.98 Å². The molecule has 1 amide bonds. The Morgan fingerprint density at radius 1 is 1.30 bits per heavy atom. The lowest BCUT2D eigenvalue weighted by Gasteiger charge is -2.09. The van der Waals surface area contributed by atoms with Gasteiger partial charge in [0.1, 0.15) is 10.9 Å². The zero-order chi connectivity index (χ0) is 14.5. The van der Waals surface area contributed by atoms with Crippen LogP contribution in [0.15, 0.2) is 36.5 Å². The third kappa shape index (κ3) is 3.62. The Bertz CT molecular complexity index is 615. The quantitative estimate of drug-likeness (QED) is 0.867. The van der Waals surface area contributed by atoms with Gasteiger partial charge >= 0.3 is 0 Å². The van der Waals surface area contributed by atoms with Crippen LogP contribution in [0.1, 0.15) is 17.3 Å². The van der Waals surface area contributed by atoms with E-state index in [1.54, 1.807) is 30.3 Å². The molecule has 6 heteroatoms. The molecular weight excluding hydrogens is 299 g/mol. The normalized spacial score (nSPS) is 10.2. The van der Waals surface area contributed by atoms with Gasteiger partial charge in [0.25, 0.3) is 5.91 Å². The molecule has 0 atom stereocenters. The fourth-order valence-electron chi connectivity index (χ4n) is 1.56. The van der Waals surface area contributed by atoms with E-state index in [0.717, 1.165) is 0 Å². The molecule has 20 heavy (non-hydrogen) atoms. The molecular formula is C14H12Cl2N2O2. The number of anilines is 1. The van der Waals surface area contributed by atoms with Crippen molar-refractivity contribution in [3.8, 4) is 5.75 Å². The molecule has 0 fully saturated rings. The lowest BCUT2D eigenvalue weighted by atomic mass is 10.2. The lowest BCUT2D eigenvalue weighted by Crippen LogP contribution is -2.12. The zero-order valence-electron chi connectivity index (χ0n) is 10.7. The van der Waals surface area contributed by atoms with E-state index in [1.165, 1.54) is 6.20 Å². The molecule has 0 aliphatic carbocycles. The number of amides is 1. The van der Waals surface area contributed by atoms with Crippen LogP contribution in [-0.2, 0) is 0 Å². The SMILES string of the molecule is CCOc1ccc(NC(=O)c2ccc(Cl)nc2)cc1Cl. The minimum atomic E-state index is -0.283. The number of aromatic nitrogens is 1. The van der Waals surface area contributed by atoms with Gasteiger partial charge in [-0.1, -0.05) is 23.2 Å². The van der Waals surface area contributed by atoms with Crippen molar-refractivity contribution in [3.63, 3.8) is 0 Å². The van der Waals surface area contributed by atoms with Crippen molar-refractivity contribution in [2.24, 2.45) is 0 Å². The summed E-state index contributed by atoms with van der Waals surface area (Å²) in [7, 11) is 0. The molecule has 4 nitrogen and oxygen atoms in total. The van der Waals surface area contributed by atoms with E-state index in [4.69, 9.17) is 27.9 Å². The number of rotatable bonds is 4. The van der Waals surface area contributed by atoms with Crippen molar-refractivity contribution >= 4 is 34.8 Å². The minimum absolute atomic E-state index is 0.283. The van der Waals surface area contributed by atoms with E-state index < -0.39 is 0 Å². The molecule has 0 aliphatic rings. The molecule has 1 aromatic heterocycles. The highest BCUT2D eigenvalue weighted by molar-refractivity contribution is 6.32. The van der Waals surface area contributed by atoms with Gasteiger partial charge < -0.3 is 10.1 Å². The molecule has 0 spiro atoms. The second-order valence-electron chi connectivity index (χ2n) is 3.90. The van der Waals surface area contributed by atoms with E-state index in [1.807, 2.05) is 6.92 Å². The number of pyridine rings is 1. The van der Waals surface area contributed by atoms with Crippen molar-refractivity contribution in [2.45, 2.75) is 6.92 Å². The third-order valence-corrected chi connectivity index (χ3v) is 3.00. The first-order chi connectivity index (χ1) is 9.60. The maximum atomic E-state index is 12.0. The molecule has 1 aromatic carbocycles. The van der Waals surface area contributed by atoms with Crippen LogP contribution in [-0.4, -0.2) is 17.5 Å². The Morgan fingerprint density at radius 3 is 2.70 bits per heavy atom. The Balaban J connectivity index is 2.11. The third-order valence-electron chi connectivity index (χ3n) is 2.48. The molecule has 0 saturated heterocycles. The molecule has 0 saturated carbocycles. The number of nitrogens with one attached hydrogen (secondary N) is 1. The second-order valence-corrected chi connectivity index (χ2v) is 4.70. The number of hydrogen-bond acceptors (Lipinski definition) is 3. The summed E-state index contributed by atoms with van der Waals surface area (Å²) >= 11 is 11.7. The standard InChI is InChI=1S/C14H12Cl2N2O2/c1-2-20-12-5-4-10(7-11(12)15)18-14(19)9-3-6-13(16)17-8-9/h3-8H,2H2,1H3,(H,18,19). The summed E-state index contributed by atoms with van der Waals surface area (Å²) in [5.41, 5.74) is 0.998. The van der Waals surface area contributed by atoms with E-state index in [-0.39, 0.29) is 5.91 Å². The molecule has 2 aromatic rings. The summed E-state index contributed by atoms with van der Waals surface area (Å²) in [6.45, 7) is 2.40. The number of ether oxygens (including phenoxy) is 1.